The molecule has 0 spiro atoms. The highest BCUT2D eigenvalue weighted by Crippen LogP contribution is 2.14. The lowest BCUT2D eigenvalue weighted by atomic mass is 10.4. The first kappa shape index (κ1) is 13.4. The summed E-state index contributed by atoms with van der Waals surface area (Å²) in [7, 11) is 1.47. The lowest BCUT2D eigenvalue weighted by Gasteiger charge is -2.21. The van der Waals surface area contributed by atoms with Crippen LogP contribution in [0.5, 0.6) is 6.01 Å². The minimum Gasteiger partial charge on any atom is -0.467 e. The molecule has 0 aliphatic carbocycles. The van der Waals surface area contributed by atoms with E-state index in [4.69, 9.17) is 15.7 Å². The fourth-order valence-corrected chi connectivity index (χ4v) is 1.35. The van der Waals surface area contributed by atoms with Gasteiger partial charge in [-0.1, -0.05) is 6.92 Å². The molecule has 0 aromatic carbocycles. The summed E-state index contributed by atoms with van der Waals surface area (Å²) in [6.45, 7) is 3.24. The van der Waals surface area contributed by atoms with Crippen LogP contribution in [0.1, 0.15) is 13.3 Å². The third kappa shape index (κ3) is 3.68. The first-order chi connectivity index (χ1) is 8.24. The summed E-state index contributed by atoms with van der Waals surface area (Å²) in [5.41, 5.74) is 2.35. The number of rotatable bonds is 7. The maximum atomic E-state index is 8.99. The van der Waals surface area contributed by atoms with E-state index < -0.39 is 0 Å². The molecule has 4 N–H and O–H groups in total. The molecule has 0 aliphatic heterocycles. The van der Waals surface area contributed by atoms with E-state index in [0.29, 0.717) is 12.5 Å². The highest BCUT2D eigenvalue weighted by Gasteiger charge is 2.12. The molecule has 17 heavy (non-hydrogen) atoms. The lowest BCUT2D eigenvalue weighted by molar-refractivity contribution is 0.300. The Kier molecular flexibility index (Phi) is 5.37. The minimum atomic E-state index is 0.0272. The molecule has 0 amide bonds. The van der Waals surface area contributed by atoms with Crippen LogP contribution in [0.4, 0.5) is 11.9 Å². The van der Waals surface area contributed by atoms with Crippen LogP contribution in [-0.2, 0) is 0 Å². The maximum Gasteiger partial charge on any atom is 0.322 e. The van der Waals surface area contributed by atoms with Gasteiger partial charge in [0.15, 0.2) is 0 Å². The number of aromatic nitrogens is 3. The van der Waals surface area contributed by atoms with E-state index in [1.54, 1.807) is 0 Å². The van der Waals surface area contributed by atoms with Gasteiger partial charge in [-0.2, -0.15) is 15.0 Å². The van der Waals surface area contributed by atoms with Gasteiger partial charge in [0.2, 0.25) is 11.9 Å². The van der Waals surface area contributed by atoms with Gasteiger partial charge >= 0.3 is 6.01 Å². The predicted octanol–water partition coefficient (Wildman–Crippen LogP) is -0.625. The second-order valence-corrected chi connectivity index (χ2v) is 3.30. The number of hydrogen-bond donors (Lipinski definition) is 3. The van der Waals surface area contributed by atoms with Gasteiger partial charge in [0.25, 0.3) is 0 Å². The second-order valence-electron chi connectivity index (χ2n) is 3.30. The average Bonchev–Trinajstić information content (AvgIpc) is 2.37. The molecule has 1 aromatic heterocycles. The first-order valence-corrected chi connectivity index (χ1v) is 5.37. The molecule has 0 fully saturated rings. The van der Waals surface area contributed by atoms with Gasteiger partial charge in [0, 0.05) is 13.1 Å². The average molecular weight is 242 g/mol. The molecule has 8 heteroatoms. The van der Waals surface area contributed by atoms with Gasteiger partial charge in [-0.25, -0.2) is 5.84 Å². The molecule has 1 aromatic rings. The molecule has 0 bridgehead atoms. The van der Waals surface area contributed by atoms with Crippen LogP contribution < -0.4 is 20.9 Å². The molecule has 96 valence electrons. The fraction of sp³-hybridized carbons (Fsp3) is 0.667. The molecule has 0 saturated heterocycles. The smallest absolute Gasteiger partial charge is 0.322 e. The standard InChI is InChI=1S/C9H18N6O2/c1-3-4-15(5-6-16)8-11-7(14-10)12-9(13-8)17-2/h16H,3-6,10H2,1-2H3,(H,11,12,13,14). The summed E-state index contributed by atoms with van der Waals surface area (Å²) < 4.78 is 4.96. The Hall–Kier alpha value is -1.67. The number of hydrogen-bond acceptors (Lipinski definition) is 8. The van der Waals surface area contributed by atoms with Crippen molar-refractivity contribution < 1.29 is 9.84 Å². The zero-order valence-corrected chi connectivity index (χ0v) is 10.1. The van der Waals surface area contributed by atoms with E-state index in [9.17, 15) is 0 Å². The topological polar surface area (TPSA) is 109 Å². The van der Waals surface area contributed by atoms with E-state index in [1.807, 2.05) is 11.8 Å². The van der Waals surface area contributed by atoms with Crippen molar-refractivity contribution in [2.45, 2.75) is 13.3 Å². The van der Waals surface area contributed by atoms with E-state index >= 15 is 0 Å². The van der Waals surface area contributed by atoms with Gasteiger partial charge in [-0.3, -0.25) is 5.43 Å². The lowest BCUT2D eigenvalue weighted by Crippen LogP contribution is -2.30. The van der Waals surface area contributed by atoms with Gasteiger partial charge in [0.05, 0.1) is 13.7 Å². The molecular weight excluding hydrogens is 224 g/mol. The monoisotopic (exact) mass is 242 g/mol. The van der Waals surface area contributed by atoms with E-state index in [1.165, 1.54) is 7.11 Å². The van der Waals surface area contributed by atoms with Crippen molar-refractivity contribution in [3.05, 3.63) is 0 Å². The number of nitrogens with two attached hydrogens (primary N) is 1. The number of aliphatic hydroxyl groups is 1. The third-order valence-corrected chi connectivity index (χ3v) is 2.06. The Morgan fingerprint density at radius 3 is 2.65 bits per heavy atom. The number of nitrogen functional groups attached to an aromatic ring is 1. The highest BCUT2D eigenvalue weighted by molar-refractivity contribution is 5.37. The van der Waals surface area contributed by atoms with Gasteiger partial charge in [-0.15, -0.1) is 0 Å². The van der Waals surface area contributed by atoms with Crippen molar-refractivity contribution in [1.29, 1.82) is 0 Å². The quantitative estimate of drug-likeness (QED) is 0.428. The van der Waals surface area contributed by atoms with Crippen LogP contribution in [0.2, 0.25) is 0 Å². The molecular formula is C9H18N6O2. The first-order valence-electron chi connectivity index (χ1n) is 5.37. The predicted molar refractivity (Wildman–Crippen MR) is 63.8 cm³/mol. The summed E-state index contributed by atoms with van der Waals surface area (Å²) in [6.07, 6.45) is 0.916. The number of methoxy groups -OCH3 is 1. The van der Waals surface area contributed by atoms with Gasteiger partial charge in [0.1, 0.15) is 0 Å². The molecule has 0 unspecified atom stereocenters. The summed E-state index contributed by atoms with van der Waals surface area (Å²) in [4.78, 5) is 14.0. The van der Waals surface area contributed by atoms with Crippen molar-refractivity contribution in [2.75, 3.05) is 37.1 Å². The minimum absolute atomic E-state index is 0.0272. The normalized spacial score (nSPS) is 10.1. The summed E-state index contributed by atoms with van der Waals surface area (Å²) >= 11 is 0. The number of nitrogens with zero attached hydrogens (tertiary/aromatic N) is 4. The number of anilines is 2. The number of hydrazine groups is 1. The zero-order chi connectivity index (χ0) is 12.7. The Bertz CT molecular complexity index is 320. The largest absolute Gasteiger partial charge is 0.467 e. The van der Waals surface area contributed by atoms with Crippen molar-refractivity contribution in [3.8, 4) is 6.01 Å². The van der Waals surface area contributed by atoms with E-state index in [-0.39, 0.29) is 18.6 Å². The molecule has 0 saturated carbocycles. The third-order valence-electron chi connectivity index (χ3n) is 2.06. The molecule has 0 radical (unpaired) electrons. The van der Waals surface area contributed by atoms with Crippen molar-refractivity contribution in [3.63, 3.8) is 0 Å². The molecule has 0 aliphatic rings. The molecule has 8 nitrogen and oxygen atoms in total. The van der Waals surface area contributed by atoms with Crippen molar-refractivity contribution in [1.82, 2.24) is 15.0 Å². The summed E-state index contributed by atoms with van der Waals surface area (Å²) in [5.74, 6) is 5.92. The van der Waals surface area contributed by atoms with E-state index in [0.717, 1.165) is 13.0 Å². The Morgan fingerprint density at radius 1 is 1.35 bits per heavy atom. The SMILES string of the molecule is CCCN(CCO)c1nc(NN)nc(OC)n1. The zero-order valence-electron chi connectivity index (χ0n) is 10.1. The highest BCUT2D eigenvalue weighted by atomic mass is 16.5. The second kappa shape index (κ2) is 6.81. The Balaban J connectivity index is 2.99. The Morgan fingerprint density at radius 2 is 2.12 bits per heavy atom. The van der Waals surface area contributed by atoms with Crippen LogP contribution in [0, 0.1) is 0 Å². The van der Waals surface area contributed by atoms with Crippen LogP contribution in [-0.4, -0.2) is 46.9 Å². The van der Waals surface area contributed by atoms with Crippen LogP contribution in [0.25, 0.3) is 0 Å². The van der Waals surface area contributed by atoms with Crippen LogP contribution >= 0.6 is 0 Å². The molecule has 1 rings (SSSR count). The summed E-state index contributed by atoms with van der Waals surface area (Å²) in [6, 6.07) is 0.182. The fourth-order valence-electron chi connectivity index (χ4n) is 1.35. The number of nitrogens with one attached hydrogen (secondary N) is 1. The van der Waals surface area contributed by atoms with Crippen LogP contribution in [0.3, 0.4) is 0 Å². The maximum absolute atomic E-state index is 8.99. The Labute approximate surface area is 99.8 Å². The van der Waals surface area contributed by atoms with Gasteiger partial charge in [-0.05, 0) is 6.42 Å². The van der Waals surface area contributed by atoms with Gasteiger partial charge < -0.3 is 14.7 Å². The summed E-state index contributed by atoms with van der Waals surface area (Å²) in [5, 5.41) is 8.99. The molecule has 0 atom stereocenters. The van der Waals surface area contributed by atoms with E-state index in [2.05, 4.69) is 20.4 Å². The number of aliphatic hydroxyl groups excluding tert-OH is 1. The van der Waals surface area contributed by atoms with Crippen LogP contribution in [0.15, 0.2) is 0 Å². The van der Waals surface area contributed by atoms with Crippen molar-refractivity contribution in [2.24, 2.45) is 5.84 Å². The van der Waals surface area contributed by atoms with Crippen molar-refractivity contribution >= 4 is 11.9 Å². The number of ether oxygens (including phenoxy) is 1. The molecule has 1 heterocycles.